The molecule has 0 aliphatic carbocycles. The summed E-state index contributed by atoms with van der Waals surface area (Å²) in [6.45, 7) is 11.1. The molecule has 4 rings (SSSR count). The molecule has 30 heavy (non-hydrogen) atoms. The van der Waals surface area contributed by atoms with Gasteiger partial charge < -0.3 is 0 Å². The van der Waals surface area contributed by atoms with Gasteiger partial charge >= 0.3 is 0 Å². The molecule has 0 bridgehead atoms. The molecule has 3 nitrogen and oxygen atoms in total. The number of aromatic nitrogens is 2. The summed E-state index contributed by atoms with van der Waals surface area (Å²) in [5.74, 6) is 0.815. The van der Waals surface area contributed by atoms with Crippen LogP contribution in [0.15, 0.2) is 54.7 Å². The van der Waals surface area contributed by atoms with Crippen LogP contribution >= 0.6 is 0 Å². The SMILES string of the molecule is Cc1ncc(-c2ccc(-c3ccc(C(C)N4C(C)CCCC4C)cc3)cc2)c(C)n1. The average molecular weight is 400 g/mol. The van der Waals surface area contributed by atoms with E-state index in [0.29, 0.717) is 18.1 Å². The molecule has 156 valence electrons. The summed E-state index contributed by atoms with van der Waals surface area (Å²) in [5.41, 5.74) is 7.19. The van der Waals surface area contributed by atoms with Crippen molar-refractivity contribution in [1.29, 1.82) is 0 Å². The highest BCUT2D eigenvalue weighted by atomic mass is 15.2. The quantitative estimate of drug-likeness (QED) is 0.486. The lowest BCUT2D eigenvalue weighted by atomic mass is 9.92. The van der Waals surface area contributed by atoms with Crippen LogP contribution in [0.4, 0.5) is 0 Å². The summed E-state index contributed by atoms with van der Waals surface area (Å²) < 4.78 is 0. The topological polar surface area (TPSA) is 29.0 Å². The first-order valence-electron chi connectivity index (χ1n) is 11.2. The Balaban J connectivity index is 1.52. The zero-order chi connectivity index (χ0) is 21.3. The maximum Gasteiger partial charge on any atom is 0.125 e. The second-order valence-electron chi connectivity index (χ2n) is 8.87. The molecular weight excluding hydrogens is 366 g/mol. The van der Waals surface area contributed by atoms with E-state index >= 15 is 0 Å². The van der Waals surface area contributed by atoms with Crippen molar-refractivity contribution >= 4 is 0 Å². The number of likely N-dealkylation sites (tertiary alicyclic amines) is 1. The number of hydrogen-bond acceptors (Lipinski definition) is 3. The molecule has 0 amide bonds. The van der Waals surface area contributed by atoms with Gasteiger partial charge in [0.1, 0.15) is 5.82 Å². The van der Waals surface area contributed by atoms with Gasteiger partial charge in [-0.2, -0.15) is 0 Å². The molecule has 2 aromatic carbocycles. The average Bonchev–Trinajstić information content (AvgIpc) is 2.74. The van der Waals surface area contributed by atoms with Gasteiger partial charge in [0.25, 0.3) is 0 Å². The molecule has 3 atom stereocenters. The Morgan fingerprint density at radius 3 is 1.93 bits per heavy atom. The van der Waals surface area contributed by atoms with Crippen LogP contribution in [0.2, 0.25) is 0 Å². The number of hydrogen-bond donors (Lipinski definition) is 0. The highest BCUT2D eigenvalue weighted by molar-refractivity contribution is 5.71. The Morgan fingerprint density at radius 1 is 0.833 bits per heavy atom. The third kappa shape index (κ3) is 4.17. The minimum atomic E-state index is 0.455. The normalized spacial score (nSPS) is 20.8. The lowest BCUT2D eigenvalue weighted by Gasteiger charge is -2.43. The summed E-state index contributed by atoms with van der Waals surface area (Å²) in [5, 5.41) is 0. The Labute approximate surface area is 181 Å². The second-order valence-corrected chi connectivity index (χ2v) is 8.87. The maximum atomic E-state index is 4.49. The molecule has 1 saturated heterocycles. The zero-order valence-corrected chi connectivity index (χ0v) is 18.9. The van der Waals surface area contributed by atoms with Crippen molar-refractivity contribution in [3.63, 3.8) is 0 Å². The van der Waals surface area contributed by atoms with Crippen molar-refractivity contribution in [3.8, 4) is 22.3 Å². The minimum Gasteiger partial charge on any atom is -0.291 e. The summed E-state index contributed by atoms with van der Waals surface area (Å²) in [6.07, 6.45) is 5.90. The smallest absolute Gasteiger partial charge is 0.125 e. The van der Waals surface area contributed by atoms with E-state index in [9.17, 15) is 0 Å². The van der Waals surface area contributed by atoms with Crippen LogP contribution in [-0.2, 0) is 0 Å². The van der Waals surface area contributed by atoms with Crippen molar-refractivity contribution in [2.75, 3.05) is 0 Å². The summed E-state index contributed by atoms with van der Waals surface area (Å²) in [6, 6.07) is 19.6. The van der Waals surface area contributed by atoms with Gasteiger partial charge in [-0.1, -0.05) is 55.0 Å². The van der Waals surface area contributed by atoms with Crippen molar-refractivity contribution in [1.82, 2.24) is 14.9 Å². The van der Waals surface area contributed by atoms with Crippen molar-refractivity contribution in [2.45, 2.75) is 72.0 Å². The molecule has 0 saturated carbocycles. The number of aryl methyl sites for hydroxylation is 2. The first-order chi connectivity index (χ1) is 14.4. The predicted molar refractivity (Wildman–Crippen MR) is 125 cm³/mol. The van der Waals surface area contributed by atoms with Gasteiger partial charge in [-0.25, -0.2) is 9.97 Å². The molecule has 1 aromatic heterocycles. The molecule has 0 spiro atoms. The number of rotatable bonds is 4. The number of benzene rings is 2. The largest absolute Gasteiger partial charge is 0.291 e. The molecule has 3 heteroatoms. The molecule has 3 unspecified atom stereocenters. The van der Waals surface area contributed by atoms with E-state index < -0.39 is 0 Å². The van der Waals surface area contributed by atoms with Crippen molar-refractivity contribution in [2.24, 2.45) is 0 Å². The molecule has 0 radical (unpaired) electrons. The van der Waals surface area contributed by atoms with Gasteiger partial charge in [0.05, 0.1) is 0 Å². The first-order valence-corrected chi connectivity index (χ1v) is 11.2. The van der Waals surface area contributed by atoms with Gasteiger partial charge in [0, 0.05) is 35.6 Å². The van der Waals surface area contributed by atoms with Crippen LogP contribution in [-0.4, -0.2) is 27.0 Å². The lowest BCUT2D eigenvalue weighted by molar-refractivity contribution is 0.0623. The molecule has 1 fully saturated rings. The van der Waals surface area contributed by atoms with Crippen LogP contribution in [0.5, 0.6) is 0 Å². The molecular formula is C27H33N3. The lowest BCUT2D eigenvalue weighted by Crippen LogP contribution is -2.45. The fourth-order valence-electron chi connectivity index (χ4n) is 5.04. The molecule has 0 N–H and O–H groups in total. The third-order valence-electron chi connectivity index (χ3n) is 6.73. The van der Waals surface area contributed by atoms with Crippen LogP contribution in [0, 0.1) is 13.8 Å². The van der Waals surface area contributed by atoms with Crippen LogP contribution in [0.1, 0.15) is 63.2 Å². The standard InChI is InChI=1S/C27H33N3/c1-18-7-6-8-19(2)30(18)21(4)23-9-11-24(12-10-23)25-13-15-26(16-14-25)27-17-28-22(5)29-20(27)3/h9-19,21H,6-8H2,1-5H3. The summed E-state index contributed by atoms with van der Waals surface area (Å²) >= 11 is 0. The van der Waals surface area contributed by atoms with E-state index in [0.717, 1.165) is 22.6 Å². The Kier molecular flexibility index (Phi) is 6.01. The van der Waals surface area contributed by atoms with E-state index in [1.807, 2.05) is 20.0 Å². The highest BCUT2D eigenvalue weighted by Gasteiger charge is 2.29. The molecule has 2 heterocycles. The predicted octanol–water partition coefficient (Wildman–Crippen LogP) is 6.75. The Bertz CT molecular complexity index is 982. The number of nitrogens with zero attached hydrogens (tertiary/aromatic N) is 3. The maximum absolute atomic E-state index is 4.49. The molecule has 1 aliphatic heterocycles. The van der Waals surface area contributed by atoms with E-state index in [1.165, 1.54) is 36.0 Å². The van der Waals surface area contributed by atoms with Crippen LogP contribution in [0.3, 0.4) is 0 Å². The van der Waals surface area contributed by atoms with Crippen LogP contribution < -0.4 is 0 Å². The van der Waals surface area contributed by atoms with Gasteiger partial charge in [-0.3, -0.25) is 4.90 Å². The fraction of sp³-hybridized carbons (Fsp3) is 0.407. The zero-order valence-electron chi connectivity index (χ0n) is 18.9. The molecule has 3 aromatic rings. The van der Waals surface area contributed by atoms with E-state index in [1.54, 1.807) is 0 Å². The molecule has 1 aliphatic rings. The minimum absolute atomic E-state index is 0.455. The third-order valence-corrected chi connectivity index (χ3v) is 6.73. The first kappa shape index (κ1) is 20.7. The summed E-state index contributed by atoms with van der Waals surface area (Å²) in [4.78, 5) is 11.5. The van der Waals surface area contributed by atoms with Gasteiger partial charge in [-0.15, -0.1) is 0 Å². The van der Waals surface area contributed by atoms with Gasteiger partial charge in [0.2, 0.25) is 0 Å². The van der Waals surface area contributed by atoms with Crippen LogP contribution in [0.25, 0.3) is 22.3 Å². The monoisotopic (exact) mass is 399 g/mol. The fourth-order valence-corrected chi connectivity index (χ4v) is 5.04. The van der Waals surface area contributed by atoms with E-state index in [4.69, 9.17) is 0 Å². The van der Waals surface area contributed by atoms with Crippen molar-refractivity contribution in [3.05, 3.63) is 71.8 Å². The summed E-state index contributed by atoms with van der Waals surface area (Å²) in [7, 11) is 0. The Hall–Kier alpha value is -2.52. The van der Waals surface area contributed by atoms with Crippen molar-refractivity contribution < 1.29 is 0 Å². The number of piperidine rings is 1. The highest BCUT2D eigenvalue weighted by Crippen LogP contribution is 2.33. The van der Waals surface area contributed by atoms with E-state index in [-0.39, 0.29) is 0 Å². The van der Waals surface area contributed by atoms with Gasteiger partial charge in [-0.05, 0) is 69.7 Å². The van der Waals surface area contributed by atoms with Gasteiger partial charge in [0.15, 0.2) is 0 Å². The second kappa shape index (κ2) is 8.69. The van der Waals surface area contributed by atoms with E-state index in [2.05, 4.69) is 84.2 Å². The Morgan fingerprint density at radius 2 is 1.37 bits per heavy atom.